The average Bonchev–Trinajstić information content (AvgIpc) is 2.35. The highest BCUT2D eigenvalue weighted by Gasteiger charge is 2.16. The maximum Gasteiger partial charge on any atom is 0.167 e. The van der Waals surface area contributed by atoms with E-state index in [0.717, 1.165) is 24.9 Å². The molecular weight excluding hydrogens is 198 g/mol. The molecule has 1 aromatic rings. The molecule has 0 aromatic heterocycles. The number of hydrogen-bond acceptors (Lipinski definition) is 2. The first-order valence-corrected chi connectivity index (χ1v) is 6.00. The highest BCUT2D eigenvalue weighted by molar-refractivity contribution is 5.98. The molecule has 1 atom stereocenters. The highest BCUT2D eigenvalue weighted by atomic mass is 16.1. The smallest absolute Gasteiger partial charge is 0.167 e. The number of ketones is 1. The van der Waals surface area contributed by atoms with Crippen molar-refractivity contribution in [3.63, 3.8) is 0 Å². The molecule has 0 saturated heterocycles. The summed E-state index contributed by atoms with van der Waals surface area (Å²) in [5.74, 6) is 0.344. The molecule has 0 aliphatic rings. The van der Waals surface area contributed by atoms with Crippen molar-refractivity contribution in [1.29, 1.82) is 0 Å². The normalized spacial score (nSPS) is 12.4. The second-order valence-corrected chi connectivity index (χ2v) is 4.08. The number of carbonyl (C=O) groups excluding carboxylic acids is 1. The van der Waals surface area contributed by atoms with Crippen LogP contribution in [-0.2, 0) is 6.42 Å². The third-order valence-electron chi connectivity index (χ3n) is 2.96. The Hall–Kier alpha value is -1.15. The van der Waals surface area contributed by atoms with Crippen molar-refractivity contribution in [2.75, 3.05) is 13.6 Å². The summed E-state index contributed by atoms with van der Waals surface area (Å²) in [5, 5.41) is 3.07. The maximum atomic E-state index is 12.1. The van der Waals surface area contributed by atoms with Crippen LogP contribution in [0.25, 0.3) is 0 Å². The van der Waals surface area contributed by atoms with Gasteiger partial charge in [-0.3, -0.25) is 4.79 Å². The van der Waals surface area contributed by atoms with E-state index < -0.39 is 0 Å². The van der Waals surface area contributed by atoms with E-state index in [0.29, 0.717) is 0 Å². The van der Waals surface area contributed by atoms with E-state index in [-0.39, 0.29) is 11.7 Å². The van der Waals surface area contributed by atoms with E-state index in [2.05, 4.69) is 19.2 Å². The van der Waals surface area contributed by atoms with Crippen LogP contribution in [0.5, 0.6) is 0 Å². The first-order valence-electron chi connectivity index (χ1n) is 6.00. The minimum Gasteiger partial charge on any atom is -0.319 e. The molecule has 0 fully saturated rings. The molecule has 1 rings (SSSR count). The van der Waals surface area contributed by atoms with Crippen LogP contribution in [0.1, 0.15) is 36.2 Å². The molecule has 0 bridgehead atoms. The number of rotatable bonds is 6. The minimum atomic E-state index is 0.0949. The first kappa shape index (κ1) is 12.9. The Labute approximate surface area is 98.1 Å². The quantitative estimate of drug-likeness (QED) is 0.745. The van der Waals surface area contributed by atoms with Crippen LogP contribution in [0, 0.1) is 5.92 Å². The maximum absolute atomic E-state index is 12.1. The van der Waals surface area contributed by atoms with Gasteiger partial charge in [-0.25, -0.2) is 0 Å². The van der Waals surface area contributed by atoms with Gasteiger partial charge < -0.3 is 5.32 Å². The van der Waals surface area contributed by atoms with E-state index in [1.165, 1.54) is 5.56 Å². The second-order valence-electron chi connectivity index (χ2n) is 4.08. The van der Waals surface area contributed by atoms with Crippen LogP contribution in [-0.4, -0.2) is 19.4 Å². The summed E-state index contributed by atoms with van der Waals surface area (Å²) in [6, 6.07) is 7.97. The average molecular weight is 219 g/mol. The Bertz CT molecular complexity index is 329. The van der Waals surface area contributed by atoms with Gasteiger partial charge in [-0.1, -0.05) is 38.1 Å². The zero-order valence-corrected chi connectivity index (χ0v) is 10.4. The molecule has 1 N–H and O–H groups in total. The number of hydrogen-bond donors (Lipinski definition) is 1. The molecule has 0 spiro atoms. The van der Waals surface area contributed by atoms with Gasteiger partial charge in [0.25, 0.3) is 0 Å². The molecule has 0 heterocycles. The lowest BCUT2D eigenvalue weighted by Gasteiger charge is -2.13. The lowest BCUT2D eigenvalue weighted by molar-refractivity contribution is 0.0916. The molecule has 16 heavy (non-hydrogen) atoms. The fourth-order valence-electron chi connectivity index (χ4n) is 1.81. The Morgan fingerprint density at radius 1 is 1.25 bits per heavy atom. The van der Waals surface area contributed by atoms with E-state index in [1.54, 1.807) is 0 Å². The molecule has 0 amide bonds. The summed E-state index contributed by atoms with van der Waals surface area (Å²) >= 11 is 0. The zero-order valence-electron chi connectivity index (χ0n) is 10.4. The third-order valence-corrected chi connectivity index (χ3v) is 2.96. The molecular formula is C14H21NO. The van der Waals surface area contributed by atoms with E-state index >= 15 is 0 Å². The van der Waals surface area contributed by atoms with Crippen molar-refractivity contribution in [1.82, 2.24) is 5.32 Å². The van der Waals surface area contributed by atoms with Gasteiger partial charge in [0.1, 0.15) is 0 Å². The number of Topliss-reactive ketones (excluding diaryl/α,β-unsaturated/α-hetero) is 1. The fourth-order valence-corrected chi connectivity index (χ4v) is 1.81. The summed E-state index contributed by atoms with van der Waals surface area (Å²) in [4.78, 5) is 12.1. The van der Waals surface area contributed by atoms with Crippen LogP contribution in [0.4, 0.5) is 0 Å². The molecule has 0 radical (unpaired) electrons. The summed E-state index contributed by atoms with van der Waals surface area (Å²) in [6.07, 6.45) is 1.90. The lowest BCUT2D eigenvalue weighted by atomic mass is 9.94. The number of carbonyl (C=O) groups is 1. The summed E-state index contributed by atoms with van der Waals surface area (Å²) in [7, 11) is 1.89. The summed E-state index contributed by atoms with van der Waals surface area (Å²) < 4.78 is 0. The Morgan fingerprint density at radius 3 is 2.31 bits per heavy atom. The number of nitrogens with one attached hydrogen (secondary N) is 1. The lowest BCUT2D eigenvalue weighted by Crippen LogP contribution is -2.25. The first-order chi connectivity index (χ1) is 7.72. The molecule has 1 unspecified atom stereocenters. The predicted octanol–water partition coefficient (Wildman–Crippen LogP) is 2.68. The second kappa shape index (κ2) is 6.44. The van der Waals surface area contributed by atoms with Crippen molar-refractivity contribution in [3.05, 3.63) is 35.4 Å². The van der Waals surface area contributed by atoms with Gasteiger partial charge in [-0.2, -0.15) is 0 Å². The van der Waals surface area contributed by atoms with Crippen molar-refractivity contribution < 1.29 is 4.79 Å². The van der Waals surface area contributed by atoms with Gasteiger partial charge in [0.15, 0.2) is 5.78 Å². The molecule has 0 aliphatic carbocycles. The summed E-state index contributed by atoms with van der Waals surface area (Å²) in [6.45, 7) is 4.93. The van der Waals surface area contributed by atoms with Gasteiger partial charge >= 0.3 is 0 Å². The van der Waals surface area contributed by atoms with Crippen LogP contribution in [0.15, 0.2) is 24.3 Å². The van der Waals surface area contributed by atoms with Crippen LogP contribution >= 0.6 is 0 Å². The SMILES string of the molecule is CCc1ccc(C(=O)C(CC)CNC)cc1. The Morgan fingerprint density at radius 2 is 1.88 bits per heavy atom. The van der Waals surface area contributed by atoms with Gasteiger partial charge in [0.05, 0.1) is 0 Å². The number of benzene rings is 1. The Kier molecular flexibility index (Phi) is 5.20. The van der Waals surface area contributed by atoms with E-state index in [1.807, 2.05) is 31.3 Å². The van der Waals surface area contributed by atoms with Crippen LogP contribution < -0.4 is 5.32 Å². The minimum absolute atomic E-state index is 0.0949. The van der Waals surface area contributed by atoms with Gasteiger partial charge in [-0.15, -0.1) is 0 Å². The van der Waals surface area contributed by atoms with Crippen LogP contribution in [0.2, 0.25) is 0 Å². The van der Waals surface area contributed by atoms with Crippen molar-refractivity contribution >= 4 is 5.78 Å². The highest BCUT2D eigenvalue weighted by Crippen LogP contribution is 2.13. The standard InChI is InChI=1S/C14H21NO/c1-4-11-6-8-13(9-7-11)14(16)12(5-2)10-15-3/h6-9,12,15H,4-5,10H2,1-3H3. The molecule has 88 valence electrons. The Balaban J connectivity index is 2.78. The van der Waals surface area contributed by atoms with Gasteiger partial charge in [0.2, 0.25) is 0 Å². The van der Waals surface area contributed by atoms with E-state index in [9.17, 15) is 4.79 Å². The van der Waals surface area contributed by atoms with Crippen LogP contribution in [0.3, 0.4) is 0 Å². The largest absolute Gasteiger partial charge is 0.319 e. The van der Waals surface area contributed by atoms with Crippen molar-refractivity contribution in [2.24, 2.45) is 5.92 Å². The number of aryl methyl sites for hydroxylation is 1. The monoisotopic (exact) mass is 219 g/mol. The summed E-state index contributed by atoms with van der Waals surface area (Å²) in [5.41, 5.74) is 2.11. The fraction of sp³-hybridized carbons (Fsp3) is 0.500. The predicted molar refractivity (Wildman–Crippen MR) is 67.9 cm³/mol. The van der Waals surface area contributed by atoms with E-state index in [4.69, 9.17) is 0 Å². The van der Waals surface area contributed by atoms with Crippen molar-refractivity contribution in [3.8, 4) is 0 Å². The zero-order chi connectivity index (χ0) is 12.0. The van der Waals surface area contributed by atoms with Gasteiger partial charge in [-0.05, 0) is 25.5 Å². The topological polar surface area (TPSA) is 29.1 Å². The third kappa shape index (κ3) is 3.17. The molecule has 0 aliphatic heterocycles. The molecule has 2 heteroatoms. The van der Waals surface area contributed by atoms with Gasteiger partial charge in [0, 0.05) is 18.0 Å². The molecule has 1 aromatic carbocycles. The molecule has 2 nitrogen and oxygen atoms in total. The van der Waals surface area contributed by atoms with Crippen molar-refractivity contribution in [2.45, 2.75) is 26.7 Å². The molecule has 0 saturated carbocycles.